The highest BCUT2D eigenvalue weighted by Gasteiger charge is 2.30. The van der Waals surface area contributed by atoms with E-state index in [0.29, 0.717) is 19.0 Å². The minimum Gasteiger partial charge on any atom is -0.426 e. The third-order valence-electron chi connectivity index (χ3n) is 8.20. The maximum atomic E-state index is 13.4. The van der Waals surface area contributed by atoms with Crippen molar-refractivity contribution in [1.29, 1.82) is 0 Å². The van der Waals surface area contributed by atoms with Crippen LogP contribution in [0, 0.1) is 6.92 Å². The van der Waals surface area contributed by atoms with Crippen molar-refractivity contribution in [2.45, 2.75) is 71.2 Å². The van der Waals surface area contributed by atoms with E-state index in [0.717, 1.165) is 80.6 Å². The van der Waals surface area contributed by atoms with E-state index in [4.69, 9.17) is 4.74 Å². The minimum absolute atomic E-state index is 0.0597. The first kappa shape index (κ1) is 29.3. The van der Waals surface area contributed by atoms with Crippen molar-refractivity contribution in [2.75, 3.05) is 59.9 Å². The molecule has 0 bridgehead atoms. The Morgan fingerprint density at radius 3 is 2.54 bits per heavy atom. The number of fused-ring (bicyclic) bond motifs is 1. The summed E-state index contributed by atoms with van der Waals surface area (Å²) >= 11 is 0. The zero-order valence-corrected chi connectivity index (χ0v) is 24.2. The second kappa shape index (κ2) is 14.1. The predicted molar refractivity (Wildman–Crippen MR) is 154 cm³/mol. The van der Waals surface area contributed by atoms with Crippen LogP contribution in [-0.4, -0.2) is 108 Å². The fourth-order valence-corrected chi connectivity index (χ4v) is 5.80. The quantitative estimate of drug-likeness (QED) is 0.422. The zero-order chi connectivity index (χ0) is 27.8. The van der Waals surface area contributed by atoms with Gasteiger partial charge in [-0.25, -0.2) is 9.48 Å². The number of piperazine rings is 1. The van der Waals surface area contributed by atoms with Gasteiger partial charge in [-0.1, -0.05) is 25.8 Å². The number of hydrogen-bond acceptors (Lipinski definition) is 7. The Balaban J connectivity index is 1.30. The highest BCUT2D eigenvalue weighted by molar-refractivity contribution is 5.84. The number of likely N-dealkylation sites (N-methyl/N-ethyl adjacent to an activating group) is 1. The number of nitrogens with one attached hydrogen (secondary N) is 2. The zero-order valence-electron chi connectivity index (χ0n) is 24.2. The summed E-state index contributed by atoms with van der Waals surface area (Å²) in [7, 11) is 4.06. The lowest BCUT2D eigenvalue weighted by atomic mass is 10.00. The number of piperidine rings is 1. The number of benzene rings is 1. The van der Waals surface area contributed by atoms with Gasteiger partial charge < -0.3 is 25.2 Å². The van der Waals surface area contributed by atoms with Crippen LogP contribution in [0.1, 0.15) is 50.2 Å². The third-order valence-corrected chi connectivity index (χ3v) is 8.20. The highest BCUT2D eigenvalue weighted by Crippen LogP contribution is 2.22. The van der Waals surface area contributed by atoms with E-state index in [1.165, 1.54) is 12.8 Å². The van der Waals surface area contributed by atoms with E-state index in [-0.39, 0.29) is 18.7 Å². The van der Waals surface area contributed by atoms with Crippen molar-refractivity contribution in [1.82, 2.24) is 35.1 Å². The average Bonchev–Trinajstić information content (AvgIpc) is 3.37. The van der Waals surface area contributed by atoms with Gasteiger partial charge in [-0.05, 0) is 77.0 Å². The number of likely N-dealkylation sites (tertiary alicyclic amines) is 1. The molecule has 10 nitrogen and oxygen atoms in total. The van der Waals surface area contributed by atoms with Crippen molar-refractivity contribution in [3.63, 3.8) is 0 Å². The number of alkyl carbamates (subject to hydrolysis) is 1. The second-order valence-electron chi connectivity index (χ2n) is 11.2. The fraction of sp³-hybridized carbons (Fsp3) is 0.690. The van der Waals surface area contributed by atoms with Crippen LogP contribution in [0.5, 0.6) is 0 Å². The lowest BCUT2D eigenvalue weighted by Gasteiger charge is -2.42. The molecule has 3 heterocycles. The van der Waals surface area contributed by atoms with Crippen LogP contribution in [0.2, 0.25) is 0 Å². The molecule has 2 aromatic rings. The van der Waals surface area contributed by atoms with E-state index < -0.39 is 6.09 Å². The maximum Gasteiger partial charge on any atom is 0.408 e. The molecule has 1 unspecified atom stereocenters. The standard InChI is InChI=1S/C29H47N7O3/c1-5-6-7-10-31-29(38)39-21-36-20-24-18-23(17-22(2)27(24)32-36)19-26(30-3)28(37)35-15-13-34(14-16-35)25-8-11-33(4)12-9-25/h17-18,20,25-26,30H,5-16,19,21H2,1-4H3,(H,31,38). The van der Waals surface area contributed by atoms with E-state index in [9.17, 15) is 9.59 Å². The SMILES string of the molecule is CCCCCNC(=O)OCn1cc2cc(CC(NC)C(=O)N3CCN(C4CCN(C)CC4)CC3)cc(C)c2n1. The van der Waals surface area contributed by atoms with E-state index in [2.05, 4.69) is 51.6 Å². The Labute approximate surface area is 233 Å². The molecule has 39 heavy (non-hydrogen) atoms. The number of rotatable bonds is 11. The molecule has 1 aromatic carbocycles. The number of carbonyl (C=O) groups is 2. The van der Waals surface area contributed by atoms with Gasteiger partial charge in [0.05, 0.1) is 11.6 Å². The molecule has 2 aliphatic rings. The maximum absolute atomic E-state index is 13.4. The van der Waals surface area contributed by atoms with Crippen molar-refractivity contribution in [3.05, 3.63) is 29.5 Å². The Hall–Kier alpha value is -2.69. The van der Waals surface area contributed by atoms with E-state index in [1.807, 2.05) is 25.1 Å². The number of nitrogens with zero attached hydrogens (tertiary/aromatic N) is 5. The summed E-state index contributed by atoms with van der Waals surface area (Å²) in [6.07, 6.45) is 7.67. The fourth-order valence-electron chi connectivity index (χ4n) is 5.80. The summed E-state index contributed by atoms with van der Waals surface area (Å²) < 4.78 is 6.97. The first-order chi connectivity index (χ1) is 18.9. The first-order valence-electron chi connectivity index (χ1n) is 14.6. The van der Waals surface area contributed by atoms with Crippen LogP contribution in [0.4, 0.5) is 4.79 Å². The Morgan fingerprint density at radius 2 is 1.85 bits per heavy atom. The molecule has 0 aliphatic carbocycles. The van der Waals surface area contributed by atoms with Gasteiger partial charge in [0.2, 0.25) is 5.91 Å². The molecule has 216 valence electrons. The number of aryl methyl sites for hydroxylation is 1. The third kappa shape index (κ3) is 7.93. The first-order valence-corrected chi connectivity index (χ1v) is 14.6. The van der Waals surface area contributed by atoms with Crippen LogP contribution in [0.15, 0.2) is 18.3 Å². The topological polar surface area (TPSA) is 95.0 Å². The summed E-state index contributed by atoms with van der Waals surface area (Å²) in [5.41, 5.74) is 3.01. The summed E-state index contributed by atoms with van der Waals surface area (Å²) in [6, 6.07) is 4.58. The molecule has 1 aromatic heterocycles. The second-order valence-corrected chi connectivity index (χ2v) is 11.2. The molecule has 1 atom stereocenters. The van der Waals surface area contributed by atoms with Crippen LogP contribution in [-0.2, 0) is 22.7 Å². The number of amides is 2. The van der Waals surface area contributed by atoms with Gasteiger partial charge in [0, 0.05) is 50.3 Å². The predicted octanol–water partition coefficient (Wildman–Crippen LogP) is 2.59. The molecule has 2 aliphatic heterocycles. The van der Waals surface area contributed by atoms with Crippen molar-refractivity contribution in [2.24, 2.45) is 0 Å². The van der Waals surface area contributed by atoms with Gasteiger partial charge in [0.1, 0.15) is 0 Å². The van der Waals surface area contributed by atoms with Crippen molar-refractivity contribution >= 4 is 22.9 Å². The molecule has 2 saturated heterocycles. The van der Waals surface area contributed by atoms with Gasteiger partial charge in [0.15, 0.2) is 6.73 Å². The molecule has 0 spiro atoms. The number of ether oxygens (including phenoxy) is 1. The number of unbranched alkanes of at least 4 members (excludes halogenated alkanes) is 2. The highest BCUT2D eigenvalue weighted by atomic mass is 16.6. The molecule has 0 saturated carbocycles. The van der Waals surface area contributed by atoms with Gasteiger partial charge in [-0.3, -0.25) is 9.69 Å². The molecular weight excluding hydrogens is 494 g/mol. The Kier molecular flexibility index (Phi) is 10.6. The van der Waals surface area contributed by atoms with Gasteiger partial charge >= 0.3 is 6.09 Å². The molecule has 0 radical (unpaired) electrons. The molecule has 2 amide bonds. The molecule has 2 N–H and O–H groups in total. The normalized spacial score (nSPS) is 18.4. The van der Waals surface area contributed by atoms with Gasteiger partial charge in [0.25, 0.3) is 0 Å². The lowest BCUT2D eigenvalue weighted by Crippen LogP contribution is -2.57. The summed E-state index contributed by atoms with van der Waals surface area (Å²) in [5, 5.41) is 11.6. The Morgan fingerprint density at radius 1 is 1.10 bits per heavy atom. The van der Waals surface area contributed by atoms with Crippen LogP contribution < -0.4 is 10.6 Å². The minimum atomic E-state index is -0.425. The smallest absolute Gasteiger partial charge is 0.408 e. The molecule has 4 rings (SSSR count). The van der Waals surface area contributed by atoms with Gasteiger partial charge in [-0.15, -0.1) is 0 Å². The van der Waals surface area contributed by atoms with Crippen molar-refractivity contribution in [3.8, 4) is 0 Å². The number of hydrogen-bond donors (Lipinski definition) is 2. The van der Waals surface area contributed by atoms with E-state index >= 15 is 0 Å². The monoisotopic (exact) mass is 541 g/mol. The molecule has 2 fully saturated rings. The van der Waals surface area contributed by atoms with Crippen LogP contribution >= 0.6 is 0 Å². The van der Waals surface area contributed by atoms with Crippen molar-refractivity contribution < 1.29 is 14.3 Å². The summed E-state index contributed by atoms with van der Waals surface area (Å²) in [4.78, 5) is 32.4. The number of carbonyl (C=O) groups excluding carboxylic acids is 2. The van der Waals surface area contributed by atoms with Crippen LogP contribution in [0.3, 0.4) is 0 Å². The lowest BCUT2D eigenvalue weighted by molar-refractivity contribution is -0.135. The number of aromatic nitrogens is 2. The van der Waals surface area contributed by atoms with Crippen LogP contribution in [0.25, 0.3) is 10.9 Å². The largest absolute Gasteiger partial charge is 0.426 e. The summed E-state index contributed by atoms with van der Waals surface area (Å²) in [5.74, 6) is 0.173. The molecular formula is C29H47N7O3. The molecule has 10 heteroatoms. The van der Waals surface area contributed by atoms with E-state index in [1.54, 1.807) is 4.68 Å². The van der Waals surface area contributed by atoms with Gasteiger partial charge in [-0.2, -0.15) is 5.10 Å². The summed E-state index contributed by atoms with van der Waals surface area (Å²) in [6.45, 7) is 10.7. The average molecular weight is 542 g/mol. The Bertz CT molecular complexity index is 1090.